The van der Waals surface area contributed by atoms with Crippen LogP contribution in [0.5, 0.6) is 0 Å². The van der Waals surface area contributed by atoms with Gasteiger partial charge in [-0.05, 0) is 56.0 Å². The van der Waals surface area contributed by atoms with Crippen molar-refractivity contribution >= 4 is 34.1 Å². The molecule has 0 atom stereocenters. The first-order chi connectivity index (χ1) is 13.9. The van der Waals surface area contributed by atoms with E-state index < -0.39 is 5.91 Å². The zero-order chi connectivity index (χ0) is 21.0. The Morgan fingerprint density at radius 3 is 2.48 bits per heavy atom. The molecule has 8 heteroatoms. The Balaban J connectivity index is 1.61. The summed E-state index contributed by atoms with van der Waals surface area (Å²) in [6.45, 7) is 0.739. The topological polar surface area (TPSA) is 105 Å². The number of benzene rings is 1. The van der Waals surface area contributed by atoms with Crippen LogP contribution >= 0.6 is 11.3 Å². The summed E-state index contributed by atoms with van der Waals surface area (Å²) in [4.78, 5) is 39.1. The van der Waals surface area contributed by atoms with Gasteiger partial charge in [0.05, 0.1) is 12.1 Å². The van der Waals surface area contributed by atoms with E-state index in [0.717, 1.165) is 41.7 Å². The maximum Gasteiger partial charge on any atom is 0.251 e. The summed E-state index contributed by atoms with van der Waals surface area (Å²) in [7, 11) is 3.44. The summed E-state index contributed by atoms with van der Waals surface area (Å²) in [6, 6.07) is 7.27. The Hall–Kier alpha value is -2.71. The number of amides is 3. The highest BCUT2D eigenvalue weighted by atomic mass is 32.1. The minimum Gasteiger partial charge on any atom is -0.365 e. The quantitative estimate of drug-likeness (QED) is 0.646. The van der Waals surface area contributed by atoms with Crippen molar-refractivity contribution in [2.24, 2.45) is 5.73 Å². The first-order valence-corrected chi connectivity index (χ1v) is 10.4. The molecule has 0 fully saturated rings. The number of primary amides is 1. The van der Waals surface area contributed by atoms with Crippen LogP contribution in [0.1, 0.15) is 49.6 Å². The molecule has 2 aromatic rings. The third-order valence-corrected chi connectivity index (χ3v) is 6.19. The van der Waals surface area contributed by atoms with Crippen LogP contribution in [0.3, 0.4) is 0 Å². The van der Waals surface area contributed by atoms with E-state index in [1.54, 1.807) is 19.2 Å². The highest BCUT2D eigenvalue weighted by Gasteiger charge is 2.25. The summed E-state index contributed by atoms with van der Waals surface area (Å²) in [5, 5.41) is 6.04. The number of rotatable bonds is 7. The molecule has 1 aliphatic rings. The van der Waals surface area contributed by atoms with Crippen molar-refractivity contribution in [3.63, 3.8) is 0 Å². The first-order valence-electron chi connectivity index (χ1n) is 9.62. The number of hydrogen-bond acceptors (Lipinski definition) is 5. The highest BCUT2D eigenvalue weighted by molar-refractivity contribution is 7.17. The number of carbonyl (C=O) groups excluding carboxylic acids is 3. The largest absolute Gasteiger partial charge is 0.365 e. The van der Waals surface area contributed by atoms with Crippen molar-refractivity contribution in [3.8, 4) is 0 Å². The molecule has 1 aromatic heterocycles. The van der Waals surface area contributed by atoms with Gasteiger partial charge in [0.2, 0.25) is 5.91 Å². The third-order valence-electron chi connectivity index (χ3n) is 4.98. The SMILES string of the molecule is CNC(=O)c1ccc(CN(C)CC(=O)Nc2sc3c(c2C(N)=O)CCCC3)cc1. The maximum atomic E-state index is 12.5. The van der Waals surface area contributed by atoms with Crippen LogP contribution in [0.15, 0.2) is 24.3 Å². The minimum absolute atomic E-state index is 0.131. The number of aryl methyl sites for hydroxylation is 1. The number of fused-ring (bicyclic) bond motifs is 1. The van der Waals surface area contributed by atoms with Gasteiger partial charge in [0, 0.05) is 24.0 Å². The second-order valence-corrected chi connectivity index (χ2v) is 8.38. The van der Waals surface area contributed by atoms with Crippen LogP contribution in [0.4, 0.5) is 5.00 Å². The van der Waals surface area contributed by atoms with Crippen molar-refractivity contribution in [1.82, 2.24) is 10.2 Å². The zero-order valence-electron chi connectivity index (χ0n) is 16.7. The number of hydrogen-bond donors (Lipinski definition) is 3. The van der Waals surface area contributed by atoms with Gasteiger partial charge in [-0.3, -0.25) is 19.3 Å². The molecule has 1 aliphatic carbocycles. The molecule has 7 nitrogen and oxygen atoms in total. The molecule has 0 saturated carbocycles. The van der Waals surface area contributed by atoms with E-state index in [-0.39, 0.29) is 18.4 Å². The Morgan fingerprint density at radius 2 is 1.83 bits per heavy atom. The molecular weight excluding hydrogens is 388 g/mol. The van der Waals surface area contributed by atoms with E-state index >= 15 is 0 Å². The lowest BCUT2D eigenvalue weighted by Gasteiger charge is -2.16. The van der Waals surface area contributed by atoms with Crippen LogP contribution in [-0.2, 0) is 24.2 Å². The Kier molecular flexibility index (Phi) is 6.66. The number of thiophene rings is 1. The molecule has 3 amide bonds. The molecule has 29 heavy (non-hydrogen) atoms. The zero-order valence-corrected chi connectivity index (χ0v) is 17.5. The second kappa shape index (κ2) is 9.19. The van der Waals surface area contributed by atoms with Crippen LogP contribution in [0, 0.1) is 0 Å². The van der Waals surface area contributed by atoms with Crippen molar-refractivity contribution in [2.45, 2.75) is 32.2 Å². The molecule has 0 aliphatic heterocycles. The summed E-state index contributed by atoms with van der Waals surface area (Å²) in [6.07, 6.45) is 3.91. The average molecular weight is 415 g/mol. The summed E-state index contributed by atoms with van der Waals surface area (Å²) < 4.78 is 0. The van der Waals surface area contributed by atoms with Gasteiger partial charge in [-0.25, -0.2) is 0 Å². The molecule has 4 N–H and O–H groups in total. The van der Waals surface area contributed by atoms with Gasteiger partial charge in [-0.2, -0.15) is 0 Å². The molecule has 3 rings (SSSR count). The lowest BCUT2D eigenvalue weighted by molar-refractivity contribution is -0.117. The Morgan fingerprint density at radius 1 is 1.14 bits per heavy atom. The van der Waals surface area contributed by atoms with Gasteiger partial charge in [0.25, 0.3) is 11.8 Å². The molecule has 0 spiro atoms. The van der Waals surface area contributed by atoms with Crippen molar-refractivity contribution in [1.29, 1.82) is 0 Å². The smallest absolute Gasteiger partial charge is 0.251 e. The first kappa shape index (κ1) is 21.0. The second-order valence-electron chi connectivity index (χ2n) is 7.28. The molecule has 1 aromatic carbocycles. The normalized spacial score (nSPS) is 13.1. The molecule has 154 valence electrons. The standard InChI is InChI=1S/C21H26N4O3S/c1-23-20(28)14-9-7-13(8-10-14)11-25(2)12-17(26)24-21-18(19(22)27)15-5-3-4-6-16(15)29-21/h7-10H,3-6,11-12H2,1-2H3,(H2,22,27)(H,23,28)(H,24,26). The number of nitrogens with zero attached hydrogens (tertiary/aromatic N) is 1. The number of carbonyl (C=O) groups is 3. The minimum atomic E-state index is -0.482. The third kappa shape index (κ3) is 5.02. The van der Waals surface area contributed by atoms with Crippen LogP contribution in [0.2, 0.25) is 0 Å². The fourth-order valence-electron chi connectivity index (χ4n) is 3.60. The molecule has 0 bridgehead atoms. The highest BCUT2D eigenvalue weighted by Crippen LogP contribution is 2.37. The van der Waals surface area contributed by atoms with Gasteiger partial charge >= 0.3 is 0 Å². The average Bonchev–Trinajstić information content (AvgIpc) is 3.05. The van der Waals surface area contributed by atoms with Crippen molar-refractivity contribution in [3.05, 3.63) is 51.4 Å². The summed E-state index contributed by atoms with van der Waals surface area (Å²) >= 11 is 1.47. The summed E-state index contributed by atoms with van der Waals surface area (Å²) in [5.41, 5.74) is 8.66. The fraction of sp³-hybridized carbons (Fsp3) is 0.381. The molecule has 0 saturated heterocycles. The van der Waals surface area contributed by atoms with Crippen LogP contribution < -0.4 is 16.4 Å². The monoisotopic (exact) mass is 414 g/mol. The number of likely N-dealkylation sites (N-methyl/N-ethyl adjacent to an activating group) is 1. The number of nitrogens with one attached hydrogen (secondary N) is 2. The lowest BCUT2D eigenvalue weighted by atomic mass is 9.95. The molecular formula is C21H26N4O3S. The number of nitrogens with two attached hydrogens (primary N) is 1. The predicted molar refractivity (Wildman–Crippen MR) is 114 cm³/mol. The van der Waals surface area contributed by atoms with Gasteiger partial charge in [0.15, 0.2) is 0 Å². The van der Waals surface area contributed by atoms with Gasteiger partial charge in [-0.1, -0.05) is 12.1 Å². The van der Waals surface area contributed by atoms with E-state index in [1.165, 1.54) is 11.3 Å². The molecule has 1 heterocycles. The number of anilines is 1. The van der Waals surface area contributed by atoms with E-state index in [2.05, 4.69) is 10.6 Å². The Bertz CT molecular complexity index is 921. The van der Waals surface area contributed by atoms with Crippen molar-refractivity contribution in [2.75, 3.05) is 26.0 Å². The van der Waals surface area contributed by atoms with Gasteiger partial charge < -0.3 is 16.4 Å². The lowest BCUT2D eigenvalue weighted by Crippen LogP contribution is -2.30. The maximum absolute atomic E-state index is 12.5. The van der Waals surface area contributed by atoms with Crippen LogP contribution in [0.25, 0.3) is 0 Å². The fourth-order valence-corrected chi connectivity index (χ4v) is 4.91. The predicted octanol–water partition coefficient (Wildman–Crippen LogP) is 2.16. The van der Waals surface area contributed by atoms with Gasteiger partial charge in [0.1, 0.15) is 5.00 Å². The van der Waals surface area contributed by atoms with Crippen LogP contribution in [-0.4, -0.2) is 43.3 Å². The van der Waals surface area contributed by atoms with E-state index in [0.29, 0.717) is 22.7 Å². The van der Waals surface area contributed by atoms with Gasteiger partial charge in [-0.15, -0.1) is 11.3 Å². The molecule has 0 unspecified atom stereocenters. The molecule has 0 radical (unpaired) electrons. The van der Waals surface area contributed by atoms with E-state index in [1.807, 2.05) is 24.1 Å². The van der Waals surface area contributed by atoms with Crippen molar-refractivity contribution < 1.29 is 14.4 Å². The summed E-state index contributed by atoms with van der Waals surface area (Å²) in [5.74, 6) is -0.798. The Labute approximate surface area is 174 Å². The van der Waals surface area contributed by atoms with E-state index in [9.17, 15) is 14.4 Å². The van der Waals surface area contributed by atoms with E-state index in [4.69, 9.17) is 5.73 Å².